The molecule has 0 bridgehead atoms. The first-order valence-electron chi connectivity index (χ1n) is 6.87. The van der Waals surface area contributed by atoms with E-state index >= 15 is 0 Å². The SMILES string of the molecule is CCOC(=O)c1c(NC(=O)C2COCC2N)sc(C)c1C. The summed E-state index contributed by atoms with van der Waals surface area (Å²) in [6.45, 7) is 6.48. The van der Waals surface area contributed by atoms with Crippen LogP contribution in [0.25, 0.3) is 0 Å². The Morgan fingerprint density at radius 2 is 2.14 bits per heavy atom. The molecule has 21 heavy (non-hydrogen) atoms. The monoisotopic (exact) mass is 312 g/mol. The van der Waals surface area contributed by atoms with E-state index in [1.807, 2.05) is 13.8 Å². The van der Waals surface area contributed by atoms with Gasteiger partial charge < -0.3 is 20.5 Å². The summed E-state index contributed by atoms with van der Waals surface area (Å²) in [5, 5.41) is 3.32. The largest absolute Gasteiger partial charge is 0.462 e. The van der Waals surface area contributed by atoms with Gasteiger partial charge in [0.2, 0.25) is 5.91 Å². The quantitative estimate of drug-likeness (QED) is 0.821. The first kappa shape index (κ1) is 15.9. The van der Waals surface area contributed by atoms with Gasteiger partial charge in [-0.15, -0.1) is 11.3 Å². The fourth-order valence-corrected chi connectivity index (χ4v) is 3.26. The van der Waals surface area contributed by atoms with Crippen LogP contribution in [0.15, 0.2) is 0 Å². The zero-order valence-electron chi connectivity index (χ0n) is 12.4. The Bertz CT molecular complexity index is 555. The summed E-state index contributed by atoms with van der Waals surface area (Å²) in [6.07, 6.45) is 0. The highest BCUT2D eigenvalue weighted by molar-refractivity contribution is 7.16. The van der Waals surface area contributed by atoms with Gasteiger partial charge in [0, 0.05) is 10.9 Å². The van der Waals surface area contributed by atoms with Crippen LogP contribution in [-0.2, 0) is 14.3 Å². The molecule has 0 aliphatic carbocycles. The second-order valence-electron chi connectivity index (χ2n) is 5.00. The third-order valence-corrected chi connectivity index (χ3v) is 4.69. The molecule has 1 aliphatic rings. The molecule has 0 radical (unpaired) electrons. The lowest BCUT2D eigenvalue weighted by molar-refractivity contribution is -0.120. The summed E-state index contributed by atoms with van der Waals surface area (Å²) in [4.78, 5) is 25.3. The molecule has 1 fully saturated rings. The molecule has 2 unspecified atom stereocenters. The number of nitrogens with one attached hydrogen (secondary N) is 1. The van der Waals surface area contributed by atoms with Gasteiger partial charge in [-0.2, -0.15) is 0 Å². The van der Waals surface area contributed by atoms with E-state index in [0.717, 1.165) is 10.4 Å². The average Bonchev–Trinajstić information content (AvgIpc) is 2.95. The lowest BCUT2D eigenvalue weighted by atomic mass is 10.0. The molecule has 2 rings (SSSR count). The van der Waals surface area contributed by atoms with Crippen molar-refractivity contribution in [2.75, 3.05) is 25.1 Å². The van der Waals surface area contributed by atoms with Crippen LogP contribution >= 0.6 is 11.3 Å². The summed E-state index contributed by atoms with van der Waals surface area (Å²) < 4.78 is 10.3. The Labute approximate surface area is 127 Å². The molecular formula is C14H20N2O4S. The Hall–Kier alpha value is -1.44. The number of carbonyl (C=O) groups excluding carboxylic acids is 2. The molecule has 1 aromatic rings. The number of aryl methyl sites for hydroxylation is 1. The maximum atomic E-state index is 12.3. The van der Waals surface area contributed by atoms with Gasteiger partial charge in [-0.25, -0.2) is 4.79 Å². The third-order valence-electron chi connectivity index (χ3n) is 3.56. The van der Waals surface area contributed by atoms with Crippen LogP contribution < -0.4 is 11.1 Å². The minimum atomic E-state index is -0.415. The van der Waals surface area contributed by atoms with Gasteiger partial charge in [0.1, 0.15) is 5.00 Å². The summed E-state index contributed by atoms with van der Waals surface area (Å²) in [5.74, 6) is -1.02. The topological polar surface area (TPSA) is 90.6 Å². The van der Waals surface area contributed by atoms with Crippen molar-refractivity contribution in [3.05, 3.63) is 16.0 Å². The van der Waals surface area contributed by atoms with Crippen molar-refractivity contribution in [2.24, 2.45) is 11.7 Å². The fraction of sp³-hybridized carbons (Fsp3) is 0.571. The van der Waals surface area contributed by atoms with Crippen molar-refractivity contribution in [1.29, 1.82) is 0 Å². The fourth-order valence-electron chi connectivity index (χ4n) is 2.21. The van der Waals surface area contributed by atoms with Crippen molar-refractivity contribution < 1.29 is 19.1 Å². The van der Waals surface area contributed by atoms with Crippen LogP contribution in [-0.4, -0.2) is 37.7 Å². The second-order valence-corrected chi connectivity index (χ2v) is 6.23. The van der Waals surface area contributed by atoms with Gasteiger partial charge in [-0.3, -0.25) is 4.79 Å². The molecular weight excluding hydrogens is 292 g/mol. The summed E-state index contributed by atoms with van der Waals surface area (Å²) >= 11 is 1.37. The third kappa shape index (κ3) is 3.25. The zero-order chi connectivity index (χ0) is 15.6. The van der Waals surface area contributed by atoms with Crippen LogP contribution in [0.5, 0.6) is 0 Å². The Balaban J connectivity index is 2.21. The lowest BCUT2D eigenvalue weighted by Gasteiger charge is -2.13. The number of thiophene rings is 1. The molecule has 2 heterocycles. The maximum Gasteiger partial charge on any atom is 0.341 e. The summed E-state index contributed by atoms with van der Waals surface area (Å²) in [6, 6.07) is -0.307. The molecule has 1 saturated heterocycles. The van der Waals surface area contributed by atoms with E-state index in [2.05, 4.69) is 5.32 Å². The van der Waals surface area contributed by atoms with Crippen LogP contribution in [0.4, 0.5) is 5.00 Å². The predicted molar refractivity (Wildman–Crippen MR) is 80.7 cm³/mol. The van der Waals surface area contributed by atoms with Crippen LogP contribution in [0.3, 0.4) is 0 Å². The molecule has 7 heteroatoms. The van der Waals surface area contributed by atoms with Crippen LogP contribution in [0, 0.1) is 19.8 Å². The summed E-state index contributed by atoms with van der Waals surface area (Å²) in [5.41, 5.74) is 7.10. The van der Waals surface area contributed by atoms with Crippen LogP contribution in [0.1, 0.15) is 27.7 Å². The number of ether oxygens (including phenoxy) is 2. The molecule has 0 saturated carbocycles. The molecule has 1 aromatic heterocycles. The van der Waals surface area contributed by atoms with Gasteiger partial charge in [0.25, 0.3) is 0 Å². The van der Waals surface area contributed by atoms with Crippen molar-refractivity contribution in [3.8, 4) is 0 Å². The number of hydrogen-bond donors (Lipinski definition) is 2. The van der Waals surface area contributed by atoms with E-state index in [4.69, 9.17) is 15.2 Å². The first-order chi connectivity index (χ1) is 9.95. The average molecular weight is 312 g/mol. The van der Waals surface area contributed by atoms with Gasteiger partial charge in [-0.05, 0) is 26.3 Å². The molecule has 116 valence electrons. The smallest absolute Gasteiger partial charge is 0.341 e. The van der Waals surface area contributed by atoms with Crippen molar-refractivity contribution >= 4 is 28.2 Å². The van der Waals surface area contributed by atoms with E-state index in [0.29, 0.717) is 30.4 Å². The van der Waals surface area contributed by atoms with Gasteiger partial charge in [0.05, 0.1) is 31.3 Å². The number of esters is 1. The standard InChI is InChI=1S/C14H20N2O4S/c1-4-20-14(18)11-7(2)8(3)21-13(11)16-12(17)9-5-19-6-10(9)15/h9-10H,4-6,15H2,1-3H3,(H,16,17). The highest BCUT2D eigenvalue weighted by Crippen LogP contribution is 2.33. The molecule has 0 aromatic carbocycles. The number of nitrogens with two attached hydrogens (primary N) is 1. The highest BCUT2D eigenvalue weighted by Gasteiger charge is 2.32. The minimum absolute atomic E-state index is 0.216. The van der Waals surface area contributed by atoms with E-state index in [1.54, 1.807) is 6.92 Å². The Morgan fingerprint density at radius 3 is 2.71 bits per heavy atom. The number of hydrogen-bond acceptors (Lipinski definition) is 6. The van der Waals surface area contributed by atoms with Gasteiger partial charge >= 0.3 is 5.97 Å². The Kier molecular flexibility index (Phi) is 4.97. The van der Waals surface area contributed by atoms with E-state index in [9.17, 15) is 9.59 Å². The minimum Gasteiger partial charge on any atom is -0.462 e. The van der Waals surface area contributed by atoms with E-state index in [-0.39, 0.29) is 17.9 Å². The van der Waals surface area contributed by atoms with E-state index < -0.39 is 5.97 Å². The molecule has 1 amide bonds. The first-order valence-corrected chi connectivity index (χ1v) is 7.68. The summed E-state index contributed by atoms with van der Waals surface area (Å²) in [7, 11) is 0. The van der Waals surface area contributed by atoms with Crippen molar-refractivity contribution in [2.45, 2.75) is 26.8 Å². The van der Waals surface area contributed by atoms with Gasteiger partial charge in [-0.1, -0.05) is 0 Å². The maximum absolute atomic E-state index is 12.3. The number of carbonyl (C=O) groups is 2. The molecule has 3 N–H and O–H groups in total. The van der Waals surface area contributed by atoms with Crippen molar-refractivity contribution in [1.82, 2.24) is 0 Å². The highest BCUT2D eigenvalue weighted by atomic mass is 32.1. The molecule has 1 aliphatic heterocycles. The molecule has 2 atom stereocenters. The normalized spacial score (nSPS) is 21.3. The second kappa shape index (κ2) is 6.55. The Morgan fingerprint density at radius 1 is 1.43 bits per heavy atom. The zero-order valence-corrected chi connectivity index (χ0v) is 13.2. The molecule has 6 nitrogen and oxygen atoms in total. The number of amides is 1. The van der Waals surface area contributed by atoms with Crippen LogP contribution in [0.2, 0.25) is 0 Å². The van der Waals surface area contributed by atoms with Crippen molar-refractivity contribution in [3.63, 3.8) is 0 Å². The predicted octanol–water partition coefficient (Wildman–Crippen LogP) is 1.45. The number of rotatable bonds is 4. The van der Waals surface area contributed by atoms with Gasteiger partial charge in [0.15, 0.2) is 0 Å². The van der Waals surface area contributed by atoms with E-state index in [1.165, 1.54) is 11.3 Å². The lowest BCUT2D eigenvalue weighted by Crippen LogP contribution is -2.37. The number of anilines is 1. The molecule has 0 spiro atoms.